The molecule has 5 rings (SSSR count). The molecule has 0 aliphatic carbocycles. The van der Waals surface area contributed by atoms with Crippen LogP contribution in [0, 0.1) is 0 Å². The second kappa shape index (κ2) is 8.58. The topological polar surface area (TPSA) is 42.3 Å². The third-order valence-electron chi connectivity index (χ3n) is 5.99. The summed E-state index contributed by atoms with van der Waals surface area (Å²) in [5.41, 5.74) is 3.49. The lowest BCUT2D eigenvalue weighted by atomic mass is 10.0. The molecule has 2 saturated heterocycles. The van der Waals surface area contributed by atoms with Crippen LogP contribution in [0.5, 0.6) is 0 Å². The van der Waals surface area contributed by atoms with E-state index in [1.807, 2.05) is 24.4 Å². The third kappa shape index (κ3) is 3.85. The summed E-state index contributed by atoms with van der Waals surface area (Å²) in [5, 5.41) is 4.32. The van der Waals surface area contributed by atoms with Crippen molar-refractivity contribution in [1.29, 1.82) is 0 Å². The molecule has 0 saturated carbocycles. The van der Waals surface area contributed by atoms with Crippen LogP contribution in [0.1, 0.15) is 41.9 Å². The van der Waals surface area contributed by atoms with Gasteiger partial charge in [0, 0.05) is 37.8 Å². The molecule has 4 heterocycles. The van der Waals surface area contributed by atoms with Crippen molar-refractivity contribution in [2.75, 3.05) is 6.61 Å². The normalized spacial score (nSPS) is 23.7. The summed E-state index contributed by atoms with van der Waals surface area (Å²) < 4.78 is 8.25. The van der Waals surface area contributed by atoms with Crippen molar-refractivity contribution in [2.45, 2.75) is 44.1 Å². The van der Waals surface area contributed by atoms with Crippen molar-refractivity contribution in [3.05, 3.63) is 90.0 Å². The summed E-state index contributed by atoms with van der Waals surface area (Å²) in [4.78, 5) is 6.94. The smallest absolute Gasteiger partial charge is 0.170 e. The van der Waals surface area contributed by atoms with Crippen molar-refractivity contribution in [3.8, 4) is 0 Å². The van der Waals surface area contributed by atoms with Crippen molar-refractivity contribution < 1.29 is 4.74 Å². The molecule has 0 unspecified atom stereocenters. The third-order valence-corrected chi connectivity index (χ3v) is 6.34. The fourth-order valence-electron chi connectivity index (χ4n) is 4.55. The van der Waals surface area contributed by atoms with Gasteiger partial charge in [-0.15, -0.1) is 0 Å². The molecule has 1 N–H and O–H groups in total. The first-order valence-corrected chi connectivity index (χ1v) is 11.0. The Labute approximate surface area is 182 Å². The summed E-state index contributed by atoms with van der Waals surface area (Å²) >= 11 is 5.81. The Kier molecular flexibility index (Phi) is 5.51. The maximum atomic E-state index is 5.91. The lowest BCUT2D eigenvalue weighted by Crippen LogP contribution is -2.30. The molecular weight excluding hydrogens is 392 g/mol. The van der Waals surface area contributed by atoms with Crippen molar-refractivity contribution in [2.24, 2.45) is 0 Å². The number of hydrogen-bond donors (Lipinski definition) is 1. The molecule has 1 aromatic carbocycles. The highest BCUT2D eigenvalue weighted by Crippen LogP contribution is 2.39. The Bertz CT molecular complexity index is 985. The number of benzene rings is 1. The Morgan fingerprint density at radius 2 is 1.93 bits per heavy atom. The zero-order valence-electron chi connectivity index (χ0n) is 16.9. The van der Waals surface area contributed by atoms with E-state index in [-0.39, 0.29) is 18.2 Å². The molecule has 3 atom stereocenters. The first kappa shape index (κ1) is 19.3. The molecule has 2 aromatic heterocycles. The first-order valence-electron chi connectivity index (χ1n) is 10.6. The van der Waals surface area contributed by atoms with Gasteiger partial charge in [0.1, 0.15) is 0 Å². The fourth-order valence-corrected chi connectivity index (χ4v) is 4.85. The number of nitrogens with one attached hydrogen (secondary N) is 1. The zero-order chi connectivity index (χ0) is 20.3. The van der Waals surface area contributed by atoms with E-state index in [0.717, 1.165) is 43.3 Å². The Balaban J connectivity index is 1.51. The summed E-state index contributed by atoms with van der Waals surface area (Å²) in [5.74, 6) is 0. The number of rotatable bonds is 6. The van der Waals surface area contributed by atoms with E-state index in [9.17, 15) is 0 Å². The van der Waals surface area contributed by atoms with E-state index in [4.69, 9.17) is 17.0 Å². The van der Waals surface area contributed by atoms with Gasteiger partial charge in [0.2, 0.25) is 0 Å². The number of pyridine rings is 1. The first-order chi connectivity index (χ1) is 14.8. The van der Waals surface area contributed by atoms with Gasteiger partial charge in [0.15, 0.2) is 5.11 Å². The number of thiocarbonyl (C=S) groups is 1. The Morgan fingerprint density at radius 3 is 2.70 bits per heavy atom. The number of ether oxygens (including phenoxy) is 1. The predicted octanol–water partition coefficient (Wildman–Crippen LogP) is 4.23. The molecular formula is C24H26N4OS. The van der Waals surface area contributed by atoms with Gasteiger partial charge in [0.25, 0.3) is 0 Å². The molecule has 5 nitrogen and oxygen atoms in total. The van der Waals surface area contributed by atoms with E-state index in [2.05, 4.69) is 68.4 Å². The van der Waals surface area contributed by atoms with E-state index in [1.54, 1.807) is 0 Å². The molecule has 6 heteroatoms. The highest BCUT2D eigenvalue weighted by molar-refractivity contribution is 7.80. The molecule has 0 radical (unpaired) electrons. The van der Waals surface area contributed by atoms with Crippen LogP contribution < -0.4 is 5.32 Å². The van der Waals surface area contributed by atoms with Crippen LogP contribution in [0.15, 0.2) is 73.1 Å². The van der Waals surface area contributed by atoms with Gasteiger partial charge >= 0.3 is 0 Å². The molecule has 0 bridgehead atoms. The van der Waals surface area contributed by atoms with E-state index >= 15 is 0 Å². The van der Waals surface area contributed by atoms with Crippen LogP contribution in [-0.4, -0.2) is 32.3 Å². The molecule has 0 amide bonds. The van der Waals surface area contributed by atoms with Crippen LogP contribution in [-0.2, 0) is 17.8 Å². The monoisotopic (exact) mass is 418 g/mol. The van der Waals surface area contributed by atoms with Gasteiger partial charge < -0.3 is 19.5 Å². The number of hydrogen-bond acceptors (Lipinski definition) is 3. The summed E-state index contributed by atoms with van der Waals surface area (Å²) in [6, 6.07) is 21.0. The SMILES string of the molecule is S=C1N[C@@H](c2ccccn2)[C@@H](c2cccn2C[C@@H]2CCCO2)N1Cc1ccccc1. The standard InChI is InChI=1S/C24H26N4OS/c30-24-26-22(20-11-4-5-13-25-20)23(28(24)16-18-8-2-1-3-9-18)21-12-6-14-27(21)17-19-10-7-15-29-19/h1-6,8-9,11-14,19,22-23H,7,10,15-17H2,(H,26,30)/t19-,22-,23+/m0/s1. The molecule has 2 aliphatic rings. The predicted molar refractivity (Wildman–Crippen MR) is 121 cm³/mol. The van der Waals surface area contributed by atoms with Gasteiger partial charge in [0.05, 0.1) is 23.9 Å². The maximum absolute atomic E-state index is 5.91. The Morgan fingerprint density at radius 1 is 1.07 bits per heavy atom. The fraction of sp³-hybridized carbons (Fsp3) is 0.333. The summed E-state index contributed by atoms with van der Waals surface area (Å²) in [6.45, 7) is 2.50. The largest absolute Gasteiger partial charge is 0.376 e. The van der Waals surface area contributed by atoms with Crippen molar-refractivity contribution >= 4 is 17.3 Å². The number of aromatic nitrogens is 2. The molecule has 0 spiro atoms. The van der Waals surface area contributed by atoms with Gasteiger partial charge in [-0.25, -0.2) is 0 Å². The number of nitrogens with zero attached hydrogens (tertiary/aromatic N) is 3. The van der Waals surface area contributed by atoms with E-state index < -0.39 is 0 Å². The lowest BCUT2D eigenvalue weighted by Gasteiger charge is -2.29. The van der Waals surface area contributed by atoms with Crippen LogP contribution in [0.25, 0.3) is 0 Å². The van der Waals surface area contributed by atoms with Crippen LogP contribution >= 0.6 is 12.2 Å². The minimum absolute atomic E-state index is 0.000517. The zero-order valence-corrected chi connectivity index (χ0v) is 17.7. The molecule has 154 valence electrons. The lowest BCUT2D eigenvalue weighted by molar-refractivity contribution is 0.0953. The van der Waals surface area contributed by atoms with Crippen molar-refractivity contribution in [3.63, 3.8) is 0 Å². The van der Waals surface area contributed by atoms with Crippen LogP contribution in [0.4, 0.5) is 0 Å². The average Bonchev–Trinajstić information content (AvgIpc) is 3.52. The quantitative estimate of drug-likeness (QED) is 0.607. The molecule has 2 fully saturated rings. The van der Waals surface area contributed by atoms with Crippen LogP contribution in [0.3, 0.4) is 0 Å². The highest BCUT2D eigenvalue weighted by Gasteiger charge is 2.41. The second-order valence-corrected chi connectivity index (χ2v) is 8.35. The molecule has 30 heavy (non-hydrogen) atoms. The van der Waals surface area contributed by atoms with E-state index in [0.29, 0.717) is 0 Å². The highest BCUT2D eigenvalue weighted by atomic mass is 32.1. The minimum Gasteiger partial charge on any atom is -0.376 e. The van der Waals surface area contributed by atoms with Gasteiger partial charge in [-0.2, -0.15) is 0 Å². The summed E-state index contributed by atoms with van der Waals surface area (Å²) in [6.07, 6.45) is 6.56. The minimum atomic E-state index is 0.000517. The maximum Gasteiger partial charge on any atom is 0.170 e. The summed E-state index contributed by atoms with van der Waals surface area (Å²) in [7, 11) is 0. The second-order valence-electron chi connectivity index (χ2n) is 7.96. The Hall–Kier alpha value is -2.70. The van der Waals surface area contributed by atoms with Crippen LogP contribution in [0.2, 0.25) is 0 Å². The average molecular weight is 419 g/mol. The molecule has 2 aliphatic heterocycles. The van der Waals surface area contributed by atoms with E-state index in [1.165, 1.54) is 11.3 Å². The van der Waals surface area contributed by atoms with Gasteiger partial charge in [-0.1, -0.05) is 36.4 Å². The van der Waals surface area contributed by atoms with Crippen molar-refractivity contribution in [1.82, 2.24) is 19.8 Å². The molecule has 3 aromatic rings. The van der Waals surface area contributed by atoms with Gasteiger partial charge in [-0.05, 0) is 54.9 Å². The van der Waals surface area contributed by atoms with Gasteiger partial charge in [-0.3, -0.25) is 4.98 Å².